The molecule has 8 heteroatoms. The van der Waals surface area contributed by atoms with Gasteiger partial charge in [0.05, 0.1) is 21.8 Å². The highest BCUT2D eigenvalue weighted by Gasteiger charge is 2.13. The quantitative estimate of drug-likeness (QED) is 0.655. The molecular formula is C18H16Cl3NO4. The van der Waals surface area contributed by atoms with Gasteiger partial charge in [-0.3, -0.25) is 4.79 Å². The molecule has 0 atom stereocenters. The predicted octanol–water partition coefficient (Wildman–Crippen LogP) is 5.23. The fourth-order valence-electron chi connectivity index (χ4n) is 1.99. The number of amides is 1. The molecule has 0 aromatic heterocycles. The molecule has 0 heterocycles. The Morgan fingerprint density at radius 2 is 1.62 bits per heavy atom. The number of benzene rings is 2. The van der Waals surface area contributed by atoms with Crippen LogP contribution in [0.4, 0.5) is 5.69 Å². The highest BCUT2D eigenvalue weighted by atomic mass is 35.5. The Morgan fingerprint density at radius 1 is 1.04 bits per heavy atom. The van der Waals surface area contributed by atoms with Gasteiger partial charge in [-0.1, -0.05) is 34.8 Å². The number of esters is 1. The molecule has 0 aliphatic carbocycles. The Hall–Kier alpha value is -1.95. The van der Waals surface area contributed by atoms with Crippen molar-refractivity contribution < 1.29 is 19.1 Å². The Kier molecular flexibility index (Phi) is 7.14. The summed E-state index contributed by atoms with van der Waals surface area (Å²) in [6.45, 7) is 3.30. The van der Waals surface area contributed by atoms with Gasteiger partial charge in [0, 0.05) is 10.6 Å². The summed E-state index contributed by atoms with van der Waals surface area (Å²) >= 11 is 17.9. The van der Waals surface area contributed by atoms with Gasteiger partial charge in [0.2, 0.25) is 0 Å². The molecule has 0 aliphatic rings. The summed E-state index contributed by atoms with van der Waals surface area (Å²) < 4.78 is 10.3. The van der Waals surface area contributed by atoms with Crippen LogP contribution in [0.2, 0.25) is 15.1 Å². The summed E-state index contributed by atoms with van der Waals surface area (Å²) in [5.41, 5.74) is 0.642. The van der Waals surface area contributed by atoms with Crippen molar-refractivity contribution in [3.63, 3.8) is 0 Å². The second kappa shape index (κ2) is 9.12. The Balaban J connectivity index is 2.00. The van der Waals surface area contributed by atoms with Crippen LogP contribution in [0.15, 0.2) is 36.4 Å². The molecule has 2 rings (SSSR count). The van der Waals surface area contributed by atoms with Crippen LogP contribution in [0.5, 0.6) is 5.75 Å². The first-order chi connectivity index (χ1) is 12.3. The molecule has 1 N–H and O–H groups in total. The Bertz CT molecular complexity index is 784. The number of carbonyl (C=O) groups is 2. The van der Waals surface area contributed by atoms with E-state index in [2.05, 4.69) is 5.32 Å². The summed E-state index contributed by atoms with van der Waals surface area (Å²) in [5, 5.41) is 3.48. The lowest BCUT2D eigenvalue weighted by molar-refractivity contribution is -0.149. The number of rotatable bonds is 6. The molecule has 0 bridgehead atoms. The van der Waals surface area contributed by atoms with Gasteiger partial charge in [-0.15, -0.1) is 0 Å². The molecule has 2 aromatic carbocycles. The van der Waals surface area contributed by atoms with Crippen molar-refractivity contribution in [2.24, 2.45) is 0 Å². The first-order valence-corrected chi connectivity index (χ1v) is 8.78. The van der Waals surface area contributed by atoms with E-state index in [1.807, 2.05) is 0 Å². The van der Waals surface area contributed by atoms with Crippen molar-refractivity contribution in [3.8, 4) is 5.75 Å². The minimum Gasteiger partial charge on any atom is -0.482 e. The van der Waals surface area contributed by atoms with E-state index in [-0.39, 0.29) is 28.4 Å². The number of hydrogen-bond acceptors (Lipinski definition) is 4. The zero-order valence-corrected chi connectivity index (χ0v) is 16.3. The minimum absolute atomic E-state index is 0.205. The molecule has 0 fully saturated rings. The summed E-state index contributed by atoms with van der Waals surface area (Å²) in [6, 6.07) is 9.22. The van der Waals surface area contributed by atoms with Crippen molar-refractivity contribution in [1.29, 1.82) is 0 Å². The van der Waals surface area contributed by atoms with Gasteiger partial charge in [-0.2, -0.15) is 0 Å². The molecule has 0 saturated carbocycles. The second-order valence-electron chi connectivity index (χ2n) is 5.55. The van der Waals surface area contributed by atoms with Crippen LogP contribution in [0.25, 0.3) is 0 Å². The molecule has 0 saturated heterocycles. The Labute approximate surface area is 166 Å². The van der Waals surface area contributed by atoms with E-state index in [4.69, 9.17) is 44.3 Å². The van der Waals surface area contributed by atoms with Crippen molar-refractivity contribution in [2.75, 3.05) is 11.9 Å². The average molecular weight is 417 g/mol. The monoisotopic (exact) mass is 415 g/mol. The first-order valence-electron chi connectivity index (χ1n) is 7.64. The molecule has 0 unspecified atom stereocenters. The standard InChI is InChI=1S/C18H16Cl3NO4/c1-10(2)26-16(23)9-25-13-5-3-11(4-6-13)18(24)22-17-14(20)7-12(19)8-15(17)21/h3-8,10H,9H2,1-2H3,(H,22,24). The lowest BCUT2D eigenvalue weighted by Crippen LogP contribution is -2.18. The summed E-state index contributed by atoms with van der Waals surface area (Å²) in [6.07, 6.45) is -0.205. The van der Waals surface area contributed by atoms with Gasteiger partial charge in [-0.25, -0.2) is 4.79 Å². The maximum Gasteiger partial charge on any atom is 0.344 e. The van der Waals surface area contributed by atoms with Crippen LogP contribution in [0.1, 0.15) is 24.2 Å². The predicted molar refractivity (Wildman–Crippen MR) is 103 cm³/mol. The fourth-order valence-corrected chi connectivity index (χ4v) is 2.90. The van der Waals surface area contributed by atoms with Crippen molar-refractivity contribution in [2.45, 2.75) is 20.0 Å². The molecule has 26 heavy (non-hydrogen) atoms. The fraction of sp³-hybridized carbons (Fsp3) is 0.222. The zero-order chi connectivity index (χ0) is 19.3. The molecule has 1 amide bonds. The lowest BCUT2D eigenvalue weighted by atomic mass is 10.2. The van der Waals surface area contributed by atoms with Gasteiger partial charge in [0.15, 0.2) is 6.61 Å². The highest BCUT2D eigenvalue weighted by Crippen LogP contribution is 2.34. The van der Waals surface area contributed by atoms with E-state index < -0.39 is 11.9 Å². The van der Waals surface area contributed by atoms with Crippen molar-refractivity contribution in [1.82, 2.24) is 0 Å². The molecule has 0 radical (unpaired) electrons. The van der Waals surface area contributed by atoms with Crippen LogP contribution in [-0.4, -0.2) is 24.6 Å². The third kappa shape index (κ3) is 5.80. The van der Waals surface area contributed by atoms with Gasteiger partial charge in [0.1, 0.15) is 5.75 Å². The molecule has 2 aromatic rings. The van der Waals surface area contributed by atoms with E-state index in [0.717, 1.165) is 0 Å². The first kappa shape index (κ1) is 20.4. The van der Waals surface area contributed by atoms with Crippen molar-refractivity contribution in [3.05, 3.63) is 57.0 Å². The SMILES string of the molecule is CC(C)OC(=O)COc1ccc(C(=O)Nc2c(Cl)cc(Cl)cc2Cl)cc1. The summed E-state index contributed by atoms with van der Waals surface area (Å²) in [5.74, 6) is -0.430. The van der Waals surface area contributed by atoms with Gasteiger partial charge < -0.3 is 14.8 Å². The smallest absolute Gasteiger partial charge is 0.344 e. The lowest BCUT2D eigenvalue weighted by Gasteiger charge is -2.11. The summed E-state index contributed by atoms with van der Waals surface area (Å²) in [7, 11) is 0. The maximum atomic E-state index is 12.3. The molecule has 138 valence electrons. The maximum absolute atomic E-state index is 12.3. The number of carbonyl (C=O) groups excluding carboxylic acids is 2. The molecule has 0 spiro atoms. The van der Waals surface area contributed by atoms with Crippen LogP contribution in [0, 0.1) is 0 Å². The van der Waals surface area contributed by atoms with Crippen LogP contribution in [-0.2, 0) is 9.53 Å². The van der Waals surface area contributed by atoms with Gasteiger partial charge in [-0.05, 0) is 50.2 Å². The van der Waals surface area contributed by atoms with Crippen LogP contribution >= 0.6 is 34.8 Å². The summed E-state index contributed by atoms with van der Waals surface area (Å²) in [4.78, 5) is 23.8. The minimum atomic E-state index is -0.464. The molecule has 5 nitrogen and oxygen atoms in total. The third-order valence-electron chi connectivity index (χ3n) is 3.09. The average Bonchev–Trinajstić information content (AvgIpc) is 2.56. The normalized spacial score (nSPS) is 10.5. The highest BCUT2D eigenvalue weighted by molar-refractivity contribution is 6.42. The van der Waals surface area contributed by atoms with E-state index in [1.165, 1.54) is 12.1 Å². The van der Waals surface area contributed by atoms with E-state index in [0.29, 0.717) is 16.3 Å². The topological polar surface area (TPSA) is 64.6 Å². The third-order valence-corrected chi connectivity index (χ3v) is 3.90. The molecule has 0 aliphatic heterocycles. The van der Waals surface area contributed by atoms with Crippen molar-refractivity contribution >= 4 is 52.4 Å². The number of hydrogen-bond donors (Lipinski definition) is 1. The second-order valence-corrected chi connectivity index (χ2v) is 6.80. The van der Waals surface area contributed by atoms with Gasteiger partial charge in [0.25, 0.3) is 5.91 Å². The zero-order valence-electron chi connectivity index (χ0n) is 14.0. The number of ether oxygens (including phenoxy) is 2. The van der Waals surface area contributed by atoms with Crippen LogP contribution in [0.3, 0.4) is 0 Å². The number of halogens is 3. The molecular weight excluding hydrogens is 401 g/mol. The number of nitrogens with one attached hydrogen (secondary N) is 1. The van der Waals surface area contributed by atoms with Gasteiger partial charge >= 0.3 is 5.97 Å². The van der Waals surface area contributed by atoms with E-state index in [9.17, 15) is 9.59 Å². The van der Waals surface area contributed by atoms with E-state index in [1.54, 1.807) is 38.1 Å². The largest absolute Gasteiger partial charge is 0.482 e. The van der Waals surface area contributed by atoms with E-state index >= 15 is 0 Å². The number of anilines is 1. The Morgan fingerprint density at radius 3 is 2.15 bits per heavy atom. The van der Waals surface area contributed by atoms with Crippen LogP contribution < -0.4 is 10.1 Å².